The Bertz CT molecular complexity index is 98.5. The smallest absolute Gasteiger partial charge is 0.0431 e. The number of hydrogen-bond acceptors (Lipinski definition) is 2. The zero-order valence-corrected chi connectivity index (χ0v) is 9.84. The molecule has 2 heteroatoms. The van der Waals surface area contributed by atoms with Gasteiger partial charge in [-0.1, -0.05) is 26.7 Å². The molecule has 0 aliphatic carbocycles. The number of unbranched alkanes of at least 4 members (excludes halogenated alkanes) is 3. The third-order valence-electron chi connectivity index (χ3n) is 2.35. The first kappa shape index (κ1) is 13.9. The molecule has 1 radical (unpaired) electrons. The highest BCUT2D eigenvalue weighted by atomic mass is 16.2. The average Bonchev–Trinajstić information content (AvgIpc) is 2.21. The largest absolute Gasteiger partial charge is 0.396 e. The molecule has 0 unspecified atom stereocenters. The van der Waals surface area contributed by atoms with Crippen LogP contribution in [0.25, 0.3) is 0 Å². The predicted octanol–water partition coefficient (Wildman–Crippen LogP) is 2.82. The van der Waals surface area contributed by atoms with E-state index in [2.05, 4.69) is 25.3 Å². The number of aliphatic hydroxyl groups is 1. The van der Waals surface area contributed by atoms with E-state index < -0.39 is 0 Å². The molecule has 0 bridgehead atoms. The minimum atomic E-state index is 0.311. The molecule has 0 rings (SSSR count). The molecular formula is C12H26NO. The van der Waals surface area contributed by atoms with Crippen molar-refractivity contribution in [2.24, 2.45) is 0 Å². The summed E-state index contributed by atoms with van der Waals surface area (Å²) in [6.45, 7) is 9.40. The molecule has 0 aliphatic rings. The zero-order valence-electron chi connectivity index (χ0n) is 9.84. The molecule has 0 aromatic heterocycles. The van der Waals surface area contributed by atoms with Crippen LogP contribution in [0.2, 0.25) is 0 Å². The van der Waals surface area contributed by atoms with Crippen molar-refractivity contribution in [2.45, 2.75) is 52.4 Å². The first-order valence-corrected chi connectivity index (χ1v) is 6.03. The lowest BCUT2D eigenvalue weighted by Gasteiger charge is -2.20. The molecule has 0 saturated carbocycles. The fourth-order valence-corrected chi connectivity index (χ4v) is 1.38. The molecule has 1 N–H and O–H groups in total. The summed E-state index contributed by atoms with van der Waals surface area (Å²) in [5.41, 5.74) is 0. The van der Waals surface area contributed by atoms with Crippen LogP contribution in [-0.4, -0.2) is 29.7 Å². The summed E-state index contributed by atoms with van der Waals surface area (Å²) in [7, 11) is 0. The first-order valence-electron chi connectivity index (χ1n) is 6.03. The van der Waals surface area contributed by atoms with Crippen molar-refractivity contribution in [3.05, 3.63) is 6.54 Å². The standard InChI is InChI=1S/C12H26NO/c1-3-5-9-13(10-6-4-2)11-7-8-12-14/h11,14H,3-10,12H2,1-2H3. The highest BCUT2D eigenvalue weighted by Crippen LogP contribution is 2.05. The van der Waals surface area contributed by atoms with Gasteiger partial charge in [0.05, 0.1) is 0 Å². The van der Waals surface area contributed by atoms with Crippen LogP contribution in [-0.2, 0) is 0 Å². The van der Waals surface area contributed by atoms with Gasteiger partial charge in [0, 0.05) is 13.2 Å². The van der Waals surface area contributed by atoms with Crippen LogP contribution in [0.3, 0.4) is 0 Å². The van der Waals surface area contributed by atoms with E-state index >= 15 is 0 Å². The lowest BCUT2D eigenvalue weighted by molar-refractivity contribution is 0.267. The average molecular weight is 200 g/mol. The second-order valence-corrected chi connectivity index (χ2v) is 3.79. The summed E-state index contributed by atoms with van der Waals surface area (Å²) in [5, 5.41) is 8.69. The second-order valence-electron chi connectivity index (χ2n) is 3.79. The summed E-state index contributed by atoms with van der Waals surface area (Å²) in [6.07, 6.45) is 6.99. The van der Waals surface area contributed by atoms with Gasteiger partial charge in [-0.25, -0.2) is 0 Å². The zero-order chi connectivity index (χ0) is 10.6. The van der Waals surface area contributed by atoms with Gasteiger partial charge in [-0.2, -0.15) is 0 Å². The van der Waals surface area contributed by atoms with E-state index in [4.69, 9.17) is 5.11 Å². The molecule has 0 aromatic carbocycles. The summed E-state index contributed by atoms with van der Waals surface area (Å²) in [4.78, 5) is 2.42. The lowest BCUT2D eigenvalue weighted by atomic mass is 10.2. The molecule has 85 valence electrons. The van der Waals surface area contributed by atoms with E-state index in [1.807, 2.05) is 0 Å². The third kappa shape index (κ3) is 8.52. The van der Waals surface area contributed by atoms with Gasteiger partial charge in [0.1, 0.15) is 0 Å². The molecule has 0 aromatic rings. The summed E-state index contributed by atoms with van der Waals surface area (Å²) in [6, 6.07) is 0. The van der Waals surface area contributed by atoms with E-state index in [0.29, 0.717) is 6.61 Å². The Morgan fingerprint density at radius 2 is 1.57 bits per heavy atom. The Labute approximate surface area is 89.3 Å². The van der Waals surface area contributed by atoms with Crippen molar-refractivity contribution in [2.75, 3.05) is 19.7 Å². The van der Waals surface area contributed by atoms with Crippen LogP contribution in [0.5, 0.6) is 0 Å². The predicted molar refractivity (Wildman–Crippen MR) is 62.0 cm³/mol. The van der Waals surface area contributed by atoms with Crippen LogP contribution in [0, 0.1) is 6.54 Å². The molecule has 14 heavy (non-hydrogen) atoms. The topological polar surface area (TPSA) is 23.5 Å². The van der Waals surface area contributed by atoms with Gasteiger partial charge in [-0.3, -0.25) is 4.90 Å². The van der Waals surface area contributed by atoms with Gasteiger partial charge >= 0.3 is 0 Å². The number of nitrogens with zero attached hydrogens (tertiary/aromatic N) is 1. The maximum Gasteiger partial charge on any atom is 0.0431 e. The fraction of sp³-hybridized carbons (Fsp3) is 0.917. The monoisotopic (exact) mass is 200 g/mol. The van der Waals surface area contributed by atoms with Crippen LogP contribution < -0.4 is 0 Å². The van der Waals surface area contributed by atoms with E-state index in [-0.39, 0.29) is 0 Å². The maximum atomic E-state index is 8.69. The quantitative estimate of drug-likeness (QED) is 0.548. The lowest BCUT2D eigenvalue weighted by Crippen LogP contribution is -2.23. The Kier molecular flexibility index (Phi) is 10.9. The molecule has 0 heterocycles. The van der Waals surface area contributed by atoms with Gasteiger partial charge < -0.3 is 5.11 Å². The van der Waals surface area contributed by atoms with E-state index in [0.717, 1.165) is 12.8 Å². The number of hydrogen-bond donors (Lipinski definition) is 1. The normalized spacial score (nSPS) is 11.1. The number of aliphatic hydroxyl groups excluding tert-OH is 1. The van der Waals surface area contributed by atoms with E-state index in [1.54, 1.807) is 0 Å². The second kappa shape index (κ2) is 11.0. The highest BCUT2D eigenvalue weighted by Gasteiger charge is 2.03. The number of rotatable bonds is 10. The summed E-state index contributed by atoms with van der Waals surface area (Å²) >= 11 is 0. The highest BCUT2D eigenvalue weighted by molar-refractivity contribution is 4.68. The van der Waals surface area contributed by atoms with Gasteiger partial charge in [-0.05, 0) is 38.8 Å². The van der Waals surface area contributed by atoms with E-state index in [9.17, 15) is 0 Å². The SMILES string of the molecule is CCCCN([CH]CCCO)CCCC. The van der Waals surface area contributed by atoms with Crippen LogP contribution in [0.4, 0.5) is 0 Å². The maximum absolute atomic E-state index is 8.69. The van der Waals surface area contributed by atoms with Crippen molar-refractivity contribution in [3.8, 4) is 0 Å². The Morgan fingerprint density at radius 3 is 2.00 bits per heavy atom. The molecule has 0 atom stereocenters. The van der Waals surface area contributed by atoms with Crippen molar-refractivity contribution in [1.29, 1.82) is 0 Å². The Morgan fingerprint density at radius 1 is 1.00 bits per heavy atom. The molecule has 0 fully saturated rings. The Hall–Kier alpha value is -0.0800. The van der Waals surface area contributed by atoms with Gasteiger partial charge in [0.2, 0.25) is 0 Å². The van der Waals surface area contributed by atoms with Crippen LogP contribution in [0.15, 0.2) is 0 Å². The summed E-state index contributed by atoms with van der Waals surface area (Å²) < 4.78 is 0. The summed E-state index contributed by atoms with van der Waals surface area (Å²) in [5.74, 6) is 0. The van der Waals surface area contributed by atoms with Crippen molar-refractivity contribution < 1.29 is 5.11 Å². The first-order chi connectivity index (χ1) is 6.85. The molecule has 2 nitrogen and oxygen atoms in total. The van der Waals surface area contributed by atoms with E-state index in [1.165, 1.54) is 38.8 Å². The van der Waals surface area contributed by atoms with Gasteiger partial charge in [0.15, 0.2) is 0 Å². The van der Waals surface area contributed by atoms with Crippen molar-refractivity contribution in [1.82, 2.24) is 4.90 Å². The molecule has 0 saturated heterocycles. The van der Waals surface area contributed by atoms with Crippen molar-refractivity contribution in [3.63, 3.8) is 0 Å². The third-order valence-corrected chi connectivity index (χ3v) is 2.35. The Balaban J connectivity index is 3.49. The van der Waals surface area contributed by atoms with Crippen LogP contribution in [0.1, 0.15) is 52.4 Å². The van der Waals surface area contributed by atoms with Gasteiger partial charge in [0.25, 0.3) is 0 Å². The van der Waals surface area contributed by atoms with Crippen molar-refractivity contribution >= 4 is 0 Å². The molecular weight excluding hydrogens is 174 g/mol. The fourth-order valence-electron chi connectivity index (χ4n) is 1.38. The molecule has 0 amide bonds. The minimum Gasteiger partial charge on any atom is -0.396 e. The minimum absolute atomic E-state index is 0.311. The molecule has 0 aliphatic heterocycles. The van der Waals surface area contributed by atoms with Crippen LogP contribution >= 0.6 is 0 Å². The molecule has 0 spiro atoms. The van der Waals surface area contributed by atoms with Gasteiger partial charge in [-0.15, -0.1) is 0 Å².